The fourth-order valence-corrected chi connectivity index (χ4v) is 6.21. The van der Waals surface area contributed by atoms with E-state index in [2.05, 4.69) is 5.32 Å². The van der Waals surface area contributed by atoms with Crippen molar-refractivity contribution >= 4 is 33.0 Å². The molecular formula is C27H28N2O7S. The molecule has 9 nitrogen and oxygen atoms in total. The molecule has 1 unspecified atom stereocenters. The van der Waals surface area contributed by atoms with Gasteiger partial charge in [-0.1, -0.05) is 30.3 Å². The number of anilines is 2. The number of sulfone groups is 1. The normalized spacial score (nSPS) is 16.4. The van der Waals surface area contributed by atoms with Crippen LogP contribution in [0, 0.1) is 0 Å². The van der Waals surface area contributed by atoms with Gasteiger partial charge in [-0.2, -0.15) is 0 Å². The van der Waals surface area contributed by atoms with Crippen LogP contribution < -0.4 is 24.4 Å². The van der Waals surface area contributed by atoms with Gasteiger partial charge in [-0.3, -0.25) is 9.59 Å². The lowest BCUT2D eigenvalue weighted by molar-refractivity contribution is -0.121. The molecule has 1 aliphatic heterocycles. The third kappa shape index (κ3) is 5.24. The Morgan fingerprint density at radius 3 is 2.41 bits per heavy atom. The minimum Gasteiger partial charge on any atom is -0.493 e. The number of fused-ring (bicyclic) bond motifs is 1. The first kappa shape index (κ1) is 26.0. The fourth-order valence-electron chi connectivity index (χ4n) is 4.29. The van der Waals surface area contributed by atoms with Gasteiger partial charge in [0.2, 0.25) is 11.8 Å². The van der Waals surface area contributed by atoms with Crippen LogP contribution in [-0.2, 0) is 19.4 Å². The molecule has 0 fully saturated rings. The number of hydrogen-bond donors (Lipinski definition) is 1. The maximum atomic E-state index is 13.8. The van der Waals surface area contributed by atoms with E-state index in [-0.39, 0.29) is 23.5 Å². The van der Waals surface area contributed by atoms with Gasteiger partial charge >= 0.3 is 0 Å². The van der Waals surface area contributed by atoms with Crippen LogP contribution in [0.5, 0.6) is 17.2 Å². The highest BCUT2D eigenvalue weighted by molar-refractivity contribution is 7.92. The number of benzene rings is 3. The largest absolute Gasteiger partial charge is 0.493 e. The van der Waals surface area contributed by atoms with Crippen molar-refractivity contribution in [3.05, 3.63) is 72.3 Å². The van der Waals surface area contributed by atoms with E-state index in [0.717, 1.165) is 0 Å². The minimum absolute atomic E-state index is 0.0249. The van der Waals surface area contributed by atoms with Gasteiger partial charge in [-0.05, 0) is 48.9 Å². The van der Waals surface area contributed by atoms with Crippen LogP contribution in [0.4, 0.5) is 11.4 Å². The van der Waals surface area contributed by atoms with E-state index < -0.39 is 26.9 Å². The molecule has 0 spiro atoms. The van der Waals surface area contributed by atoms with E-state index in [1.165, 1.54) is 31.3 Å². The number of hydrogen-bond acceptors (Lipinski definition) is 7. The molecule has 0 aromatic heterocycles. The standard InChI is InChI=1S/C27H28N2O7S/c1-4-36-21-11-7-5-9-19(21)28-26(30)17-29-20-10-6-8-12-24(20)37(32,33)25(16-27(29)31)18-13-14-22(34-2)23(15-18)35-3/h5-15,25H,4,16-17H2,1-3H3,(H,28,30). The zero-order valence-corrected chi connectivity index (χ0v) is 21.6. The highest BCUT2D eigenvalue weighted by atomic mass is 32.2. The summed E-state index contributed by atoms with van der Waals surface area (Å²) in [6.45, 7) is 1.88. The summed E-state index contributed by atoms with van der Waals surface area (Å²) >= 11 is 0. The predicted octanol–water partition coefficient (Wildman–Crippen LogP) is 3.99. The molecule has 1 atom stereocenters. The summed E-state index contributed by atoms with van der Waals surface area (Å²) < 4.78 is 43.8. The number of rotatable bonds is 8. The molecule has 3 aromatic rings. The number of carbonyl (C=O) groups excluding carboxylic acids is 2. The second-order valence-corrected chi connectivity index (χ2v) is 10.4. The summed E-state index contributed by atoms with van der Waals surface area (Å²) in [6.07, 6.45) is -0.352. The van der Waals surface area contributed by atoms with Crippen LogP contribution in [-0.4, -0.2) is 47.6 Å². The van der Waals surface area contributed by atoms with E-state index in [1.54, 1.807) is 54.6 Å². The summed E-state index contributed by atoms with van der Waals surface area (Å²) in [5, 5.41) is 1.59. The molecule has 194 valence electrons. The van der Waals surface area contributed by atoms with Gasteiger partial charge < -0.3 is 24.4 Å². The van der Waals surface area contributed by atoms with Gasteiger partial charge in [0, 0.05) is 6.42 Å². The van der Waals surface area contributed by atoms with Crippen LogP contribution in [0.15, 0.2) is 71.6 Å². The van der Waals surface area contributed by atoms with Crippen molar-refractivity contribution in [2.75, 3.05) is 37.6 Å². The molecule has 1 N–H and O–H groups in total. The van der Waals surface area contributed by atoms with E-state index in [9.17, 15) is 18.0 Å². The lowest BCUT2D eigenvalue weighted by Crippen LogP contribution is -2.38. The number of nitrogens with one attached hydrogen (secondary N) is 1. The van der Waals surface area contributed by atoms with Crippen LogP contribution >= 0.6 is 0 Å². The Morgan fingerprint density at radius 1 is 0.973 bits per heavy atom. The molecule has 37 heavy (non-hydrogen) atoms. The Morgan fingerprint density at radius 2 is 1.68 bits per heavy atom. The number of para-hydroxylation sites is 3. The van der Waals surface area contributed by atoms with Gasteiger partial charge in [-0.15, -0.1) is 0 Å². The number of nitrogens with zero attached hydrogens (tertiary/aromatic N) is 1. The van der Waals surface area contributed by atoms with Crippen molar-refractivity contribution in [2.45, 2.75) is 23.5 Å². The Kier molecular flexibility index (Phi) is 7.68. The first-order valence-corrected chi connectivity index (χ1v) is 13.2. The van der Waals surface area contributed by atoms with Gasteiger partial charge in [-0.25, -0.2) is 8.42 Å². The average Bonchev–Trinajstić information content (AvgIpc) is 2.98. The molecule has 10 heteroatoms. The first-order chi connectivity index (χ1) is 17.8. The number of ether oxygens (including phenoxy) is 3. The summed E-state index contributed by atoms with van der Waals surface area (Å²) in [5.41, 5.74) is 1.00. The van der Waals surface area contributed by atoms with Crippen LogP contribution in [0.25, 0.3) is 0 Å². The highest BCUT2D eigenvalue weighted by Gasteiger charge is 2.40. The SMILES string of the molecule is CCOc1ccccc1NC(=O)CN1C(=O)CC(c2ccc(OC)c(OC)c2)S(=O)(=O)c2ccccc21. The quantitative estimate of drug-likeness (QED) is 0.474. The van der Waals surface area contributed by atoms with Gasteiger partial charge in [0.15, 0.2) is 21.3 Å². The van der Waals surface area contributed by atoms with Crippen molar-refractivity contribution in [3.8, 4) is 17.2 Å². The fraction of sp³-hybridized carbons (Fsp3) is 0.259. The Balaban J connectivity index is 1.69. The van der Waals surface area contributed by atoms with Crippen LogP contribution in [0.3, 0.4) is 0 Å². The number of methoxy groups -OCH3 is 2. The summed E-state index contributed by atoms with van der Waals surface area (Å²) in [5.74, 6) is 0.301. The molecule has 0 saturated heterocycles. The van der Waals surface area contributed by atoms with E-state index in [4.69, 9.17) is 14.2 Å². The molecular weight excluding hydrogens is 496 g/mol. The minimum atomic E-state index is -4.00. The van der Waals surface area contributed by atoms with E-state index >= 15 is 0 Å². The number of carbonyl (C=O) groups is 2. The van der Waals surface area contributed by atoms with E-state index in [0.29, 0.717) is 35.1 Å². The molecule has 2 amide bonds. The van der Waals surface area contributed by atoms with Crippen LogP contribution in [0.1, 0.15) is 24.2 Å². The third-order valence-electron chi connectivity index (χ3n) is 6.04. The van der Waals surface area contributed by atoms with Crippen molar-refractivity contribution in [1.29, 1.82) is 0 Å². The Bertz CT molecular complexity index is 1420. The van der Waals surface area contributed by atoms with Crippen molar-refractivity contribution in [2.24, 2.45) is 0 Å². The predicted molar refractivity (Wildman–Crippen MR) is 139 cm³/mol. The third-order valence-corrected chi connectivity index (χ3v) is 8.19. The summed E-state index contributed by atoms with van der Waals surface area (Å²) in [4.78, 5) is 27.7. The van der Waals surface area contributed by atoms with Gasteiger partial charge in [0.25, 0.3) is 0 Å². The molecule has 4 rings (SSSR count). The first-order valence-electron chi connectivity index (χ1n) is 11.7. The Hall–Kier alpha value is -4.05. The highest BCUT2D eigenvalue weighted by Crippen LogP contribution is 2.42. The topological polar surface area (TPSA) is 111 Å². The maximum Gasteiger partial charge on any atom is 0.244 e. The smallest absolute Gasteiger partial charge is 0.244 e. The monoisotopic (exact) mass is 524 g/mol. The summed E-state index contributed by atoms with van der Waals surface area (Å²) in [7, 11) is -1.07. The lowest BCUT2D eigenvalue weighted by Gasteiger charge is -2.22. The molecule has 0 radical (unpaired) electrons. The molecule has 3 aromatic carbocycles. The second-order valence-electron chi connectivity index (χ2n) is 8.28. The summed E-state index contributed by atoms with van der Waals surface area (Å²) in [6, 6.07) is 17.9. The van der Waals surface area contributed by atoms with Crippen molar-refractivity contribution in [3.63, 3.8) is 0 Å². The zero-order valence-electron chi connectivity index (χ0n) is 20.8. The van der Waals surface area contributed by atoms with E-state index in [1.807, 2.05) is 6.92 Å². The molecule has 0 aliphatic carbocycles. The Labute approximate surface area is 215 Å². The molecule has 0 saturated carbocycles. The number of amides is 2. The molecule has 0 bridgehead atoms. The molecule has 1 heterocycles. The van der Waals surface area contributed by atoms with Crippen LogP contribution in [0.2, 0.25) is 0 Å². The van der Waals surface area contributed by atoms with Crippen molar-refractivity contribution < 1.29 is 32.2 Å². The molecule has 1 aliphatic rings. The van der Waals surface area contributed by atoms with Crippen molar-refractivity contribution in [1.82, 2.24) is 0 Å². The average molecular weight is 525 g/mol. The lowest BCUT2D eigenvalue weighted by atomic mass is 10.1. The maximum absolute atomic E-state index is 13.8. The second kappa shape index (κ2) is 10.9. The van der Waals surface area contributed by atoms with Gasteiger partial charge in [0.1, 0.15) is 12.3 Å². The zero-order chi connectivity index (χ0) is 26.6. The van der Waals surface area contributed by atoms with Gasteiger partial charge in [0.05, 0.1) is 42.3 Å².